The highest BCUT2D eigenvalue weighted by Crippen LogP contribution is 2.15. The molecule has 0 radical (unpaired) electrons. The third-order valence-electron chi connectivity index (χ3n) is 3.48. The van der Waals surface area contributed by atoms with Crippen LogP contribution in [0, 0.1) is 0 Å². The summed E-state index contributed by atoms with van der Waals surface area (Å²) in [5, 5.41) is 0. The molecule has 4 rings (SSSR count). The van der Waals surface area contributed by atoms with Crippen molar-refractivity contribution < 1.29 is 0 Å². The second-order valence-corrected chi connectivity index (χ2v) is 5.94. The van der Waals surface area contributed by atoms with Gasteiger partial charge in [-0.05, 0) is 23.8 Å². The van der Waals surface area contributed by atoms with Gasteiger partial charge in [-0.1, -0.05) is 66.0 Å². The van der Waals surface area contributed by atoms with Crippen LogP contribution in [-0.2, 0) is 0 Å². The van der Waals surface area contributed by atoms with Crippen LogP contribution in [0.4, 0.5) is 0 Å². The number of hydrogen-bond donors (Lipinski definition) is 0. The number of benzene rings is 2. The summed E-state index contributed by atoms with van der Waals surface area (Å²) < 4.78 is 2.38. The highest BCUT2D eigenvalue weighted by molar-refractivity contribution is 7.15. The van der Waals surface area contributed by atoms with Gasteiger partial charge >= 0.3 is 0 Å². The first-order valence-electron chi connectivity index (χ1n) is 6.96. The molecular weight excluding hydrogens is 292 g/mol. The molecule has 0 fully saturated rings. The smallest absolute Gasteiger partial charge is 0.267 e. The van der Waals surface area contributed by atoms with E-state index in [9.17, 15) is 4.79 Å². The van der Waals surface area contributed by atoms with Crippen molar-refractivity contribution in [2.24, 2.45) is 0 Å². The number of hydrogen-bond acceptors (Lipinski definition) is 3. The maximum absolute atomic E-state index is 12.5. The van der Waals surface area contributed by atoms with Crippen LogP contribution >= 0.6 is 11.3 Å². The SMILES string of the molecule is O=c1c(=CC=Cc2ccccc2)sc2nc3ccccc3n12. The summed E-state index contributed by atoms with van der Waals surface area (Å²) in [6.45, 7) is 0. The monoisotopic (exact) mass is 304 g/mol. The van der Waals surface area contributed by atoms with Crippen LogP contribution in [0.5, 0.6) is 0 Å². The zero-order valence-electron chi connectivity index (χ0n) is 11.6. The van der Waals surface area contributed by atoms with Gasteiger partial charge in [-0.2, -0.15) is 0 Å². The van der Waals surface area contributed by atoms with Gasteiger partial charge in [0.15, 0.2) is 4.96 Å². The fourth-order valence-electron chi connectivity index (χ4n) is 2.44. The molecule has 106 valence electrons. The van der Waals surface area contributed by atoms with Crippen LogP contribution < -0.4 is 10.1 Å². The van der Waals surface area contributed by atoms with E-state index in [1.807, 2.05) is 72.8 Å². The molecule has 0 aliphatic heterocycles. The van der Waals surface area contributed by atoms with Crippen LogP contribution in [0.1, 0.15) is 5.56 Å². The molecule has 0 aliphatic carbocycles. The van der Waals surface area contributed by atoms with Crippen molar-refractivity contribution in [3.05, 3.63) is 81.1 Å². The van der Waals surface area contributed by atoms with E-state index in [2.05, 4.69) is 4.98 Å². The average Bonchev–Trinajstić information content (AvgIpc) is 3.06. The Hall–Kier alpha value is -2.72. The zero-order valence-corrected chi connectivity index (χ0v) is 12.5. The fraction of sp³-hybridized carbons (Fsp3) is 0. The van der Waals surface area contributed by atoms with Gasteiger partial charge in [0.2, 0.25) is 0 Å². The molecule has 2 aromatic carbocycles. The predicted molar refractivity (Wildman–Crippen MR) is 92.0 cm³/mol. The third-order valence-corrected chi connectivity index (χ3v) is 4.47. The van der Waals surface area contributed by atoms with Gasteiger partial charge in [0.05, 0.1) is 15.6 Å². The molecule has 0 saturated carbocycles. The van der Waals surface area contributed by atoms with E-state index in [1.165, 1.54) is 11.3 Å². The predicted octanol–water partition coefficient (Wildman–Crippen LogP) is 3.12. The van der Waals surface area contributed by atoms with Crippen molar-refractivity contribution in [2.75, 3.05) is 0 Å². The highest BCUT2D eigenvalue weighted by atomic mass is 32.1. The third kappa shape index (κ3) is 2.14. The van der Waals surface area contributed by atoms with Gasteiger partial charge < -0.3 is 0 Å². The molecule has 0 spiro atoms. The Kier molecular flexibility index (Phi) is 3.09. The van der Waals surface area contributed by atoms with E-state index in [0.29, 0.717) is 4.53 Å². The standard InChI is InChI=1S/C18H12N2OS/c21-17-16(12-6-9-13-7-2-1-3-8-13)22-18-19-14-10-4-5-11-15(14)20(17)18/h1-12H. The number of aromatic nitrogens is 2. The molecule has 3 nitrogen and oxygen atoms in total. The lowest BCUT2D eigenvalue weighted by atomic mass is 10.2. The topological polar surface area (TPSA) is 34.4 Å². The Morgan fingerprint density at radius 1 is 1.00 bits per heavy atom. The van der Waals surface area contributed by atoms with Gasteiger partial charge in [-0.15, -0.1) is 0 Å². The van der Waals surface area contributed by atoms with Crippen molar-refractivity contribution in [1.29, 1.82) is 0 Å². The van der Waals surface area contributed by atoms with Crippen LogP contribution in [0.3, 0.4) is 0 Å². The molecule has 0 amide bonds. The first-order chi connectivity index (χ1) is 10.8. The summed E-state index contributed by atoms with van der Waals surface area (Å²) in [6, 6.07) is 17.7. The number of thiazole rings is 1. The maximum atomic E-state index is 12.5. The van der Waals surface area contributed by atoms with E-state index in [0.717, 1.165) is 21.6 Å². The van der Waals surface area contributed by atoms with Crippen LogP contribution in [0.25, 0.3) is 28.1 Å². The number of nitrogens with zero attached hydrogens (tertiary/aromatic N) is 2. The first-order valence-corrected chi connectivity index (χ1v) is 7.78. The van der Waals surface area contributed by atoms with Gasteiger partial charge in [-0.25, -0.2) is 9.38 Å². The van der Waals surface area contributed by atoms with E-state index in [-0.39, 0.29) is 5.56 Å². The Bertz CT molecular complexity index is 1090. The second kappa shape index (κ2) is 5.24. The number of allylic oxidation sites excluding steroid dienone is 1. The summed E-state index contributed by atoms with van der Waals surface area (Å²) in [5.41, 5.74) is 2.83. The Morgan fingerprint density at radius 2 is 1.77 bits per heavy atom. The lowest BCUT2D eigenvalue weighted by Gasteiger charge is -1.88. The molecular formula is C18H12N2OS. The van der Waals surface area contributed by atoms with Crippen LogP contribution in [0.2, 0.25) is 0 Å². The van der Waals surface area contributed by atoms with E-state index < -0.39 is 0 Å². The average molecular weight is 304 g/mol. The van der Waals surface area contributed by atoms with Crippen molar-refractivity contribution in [2.45, 2.75) is 0 Å². The van der Waals surface area contributed by atoms with Crippen molar-refractivity contribution in [3.8, 4) is 0 Å². The summed E-state index contributed by atoms with van der Waals surface area (Å²) in [5.74, 6) is 0. The molecule has 0 saturated heterocycles. The zero-order chi connectivity index (χ0) is 14.9. The molecule has 0 unspecified atom stereocenters. The van der Waals surface area contributed by atoms with Crippen molar-refractivity contribution >= 4 is 39.5 Å². The molecule has 0 aliphatic rings. The number of fused-ring (bicyclic) bond motifs is 3. The summed E-state index contributed by atoms with van der Waals surface area (Å²) in [4.78, 5) is 17.8. The molecule has 22 heavy (non-hydrogen) atoms. The Balaban J connectivity index is 1.83. The molecule has 2 heterocycles. The number of imidazole rings is 1. The van der Waals surface area contributed by atoms with Gasteiger partial charge in [-0.3, -0.25) is 4.79 Å². The summed E-state index contributed by atoms with van der Waals surface area (Å²) in [7, 11) is 0. The van der Waals surface area contributed by atoms with Gasteiger partial charge in [0.1, 0.15) is 0 Å². The molecule has 2 aromatic heterocycles. The lowest BCUT2D eigenvalue weighted by Crippen LogP contribution is -2.22. The van der Waals surface area contributed by atoms with E-state index in [1.54, 1.807) is 4.40 Å². The Morgan fingerprint density at radius 3 is 2.64 bits per heavy atom. The van der Waals surface area contributed by atoms with E-state index in [4.69, 9.17) is 0 Å². The Labute approximate surface area is 130 Å². The minimum Gasteiger partial charge on any atom is -0.267 e. The maximum Gasteiger partial charge on any atom is 0.274 e. The quantitative estimate of drug-likeness (QED) is 0.570. The minimum absolute atomic E-state index is 0.00795. The number of rotatable bonds is 2. The van der Waals surface area contributed by atoms with Crippen molar-refractivity contribution in [3.63, 3.8) is 0 Å². The fourth-order valence-corrected chi connectivity index (χ4v) is 3.38. The summed E-state index contributed by atoms with van der Waals surface area (Å²) >= 11 is 1.42. The van der Waals surface area contributed by atoms with Gasteiger partial charge in [0.25, 0.3) is 5.56 Å². The largest absolute Gasteiger partial charge is 0.274 e. The van der Waals surface area contributed by atoms with Crippen molar-refractivity contribution in [1.82, 2.24) is 9.38 Å². The molecule has 0 N–H and O–H groups in total. The molecule has 4 heteroatoms. The second-order valence-electron chi connectivity index (χ2n) is 4.93. The van der Waals surface area contributed by atoms with E-state index >= 15 is 0 Å². The van der Waals surface area contributed by atoms with Gasteiger partial charge in [0, 0.05) is 0 Å². The number of para-hydroxylation sites is 2. The molecule has 4 aromatic rings. The lowest BCUT2D eigenvalue weighted by molar-refractivity contribution is 1.19. The summed E-state index contributed by atoms with van der Waals surface area (Å²) in [6.07, 6.45) is 5.74. The normalized spacial score (nSPS) is 12.8. The first kappa shape index (κ1) is 13.0. The highest BCUT2D eigenvalue weighted by Gasteiger charge is 2.09. The van der Waals surface area contributed by atoms with Crippen LogP contribution in [-0.4, -0.2) is 9.38 Å². The van der Waals surface area contributed by atoms with Crippen LogP contribution in [0.15, 0.2) is 65.5 Å². The molecule has 0 bridgehead atoms. The minimum atomic E-state index is -0.00795. The molecule has 0 atom stereocenters.